The molecule has 6 nitrogen and oxygen atoms in total. The van der Waals surface area contributed by atoms with Gasteiger partial charge in [-0.3, -0.25) is 4.28 Å². The number of allylic oxidation sites excluding steroid dienone is 1. The molecule has 0 fully saturated rings. The van der Waals surface area contributed by atoms with Gasteiger partial charge in [-0.25, -0.2) is 0 Å². The van der Waals surface area contributed by atoms with Crippen LogP contribution in [-0.2, 0) is 14.4 Å². The number of rotatable bonds is 5. The molecular weight excluding hydrogens is 256 g/mol. The zero-order chi connectivity index (χ0) is 13.6. The number of hydrogen-bond acceptors (Lipinski definition) is 6. The second-order valence-electron chi connectivity index (χ2n) is 3.55. The smallest absolute Gasteiger partial charge is 0.330 e. The molecule has 0 amide bonds. The van der Waals surface area contributed by atoms with Gasteiger partial charge in [0.2, 0.25) is 0 Å². The summed E-state index contributed by atoms with van der Waals surface area (Å²) < 4.78 is 32.0. The molecule has 1 heterocycles. The van der Waals surface area contributed by atoms with Gasteiger partial charge in [-0.05, 0) is 38.1 Å². The fourth-order valence-electron chi connectivity index (χ4n) is 0.813. The van der Waals surface area contributed by atoms with E-state index in [1.807, 2.05) is 0 Å². The van der Waals surface area contributed by atoms with Crippen LogP contribution < -0.4 is 0 Å². The zero-order valence-corrected chi connectivity index (χ0v) is 10.7. The average molecular weight is 268 g/mol. The van der Waals surface area contributed by atoms with Crippen molar-refractivity contribution in [1.82, 2.24) is 0 Å². The summed E-state index contributed by atoms with van der Waals surface area (Å²) in [5, 5.41) is 11.3. The van der Waals surface area contributed by atoms with Crippen molar-refractivity contribution in [3.8, 4) is 6.07 Å². The van der Waals surface area contributed by atoms with E-state index in [2.05, 4.69) is 9.44 Å². The van der Waals surface area contributed by atoms with Crippen molar-refractivity contribution in [2.24, 2.45) is 5.16 Å². The summed E-state index contributed by atoms with van der Waals surface area (Å²) in [6.45, 7) is 2.91. The van der Waals surface area contributed by atoms with Gasteiger partial charge in [-0.1, -0.05) is 5.16 Å². The molecule has 0 bridgehead atoms. The highest BCUT2D eigenvalue weighted by atomic mass is 32.2. The lowest BCUT2D eigenvalue weighted by molar-refractivity contribution is 0.335. The molecule has 0 unspecified atom stereocenters. The molecule has 96 valence electrons. The summed E-state index contributed by atoms with van der Waals surface area (Å²) in [5.74, 6) is 0.518. The maximum Gasteiger partial charge on any atom is 0.330 e. The first-order chi connectivity index (χ1) is 8.45. The SMILES string of the molecule is CC(C)S(=O)(=O)ON=C(C#N)C=Cc1ccco1. The molecular formula is C11H12N2O4S. The van der Waals surface area contributed by atoms with E-state index in [0.717, 1.165) is 0 Å². The molecule has 0 N–H and O–H groups in total. The first kappa shape index (κ1) is 14.0. The first-order valence-corrected chi connectivity index (χ1v) is 6.55. The lowest BCUT2D eigenvalue weighted by Gasteiger charge is -2.02. The van der Waals surface area contributed by atoms with E-state index in [0.29, 0.717) is 5.76 Å². The molecule has 0 aliphatic heterocycles. The van der Waals surface area contributed by atoms with Crippen molar-refractivity contribution in [3.05, 3.63) is 30.2 Å². The number of nitriles is 1. The lowest BCUT2D eigenvalue weighted by atomic mass is 10.3. The Morgan fingerprint density at radius 1 is 1.61 bits per heavy atom. The maximum atomic E-state index is 11.3. The van der Waals surface area contributed by atoms with Crippen LogP contribution >= 0.6 is 0 Å². The molecule has 1 rings (SSSR count). The Labute approximate surface area is 105 Å². The molecule has 0 aliphatic rings. The van der Waals surface area contributed by atoms with Crippen LogP contribution in [-0.4, -0.2) is 19.4 Å². The molecule has 0 radical (unpaired) electrons. The van der Waals surface area contributed by atoms with Gasteiger partial charge in [0.25, 0.3) is 0 Å². The standard InChI is InChI=1S/C11H12N2O4S/c1-9(2)18(14,15)17-13-10(8-12)5-6-11-4-3-7-16-11/h3-7,9H,1-2H3. The van der Waals surface area contributed by atoms with E-state index >= 15 is 0 Å². The predicted molar refractivity (Wildman–Crippen MR) is 65.9 cm³/mol. The van der Waals surface area contributed by atoms with Crippen LogP contribution in [0.1, 0.15) is 19.6 Å². The Bertz CT molecular complexity index is 577. The van der Waals surface area contributed by atoms with Crippen molar-refractivity contribution in [2.75, 3.05) is 0 Å². The van der Waals surface area contributed by atoms with Gasteiger partial charge < -0.3 is 4.42 Å². The van der Waals surface area contributed by atoms with E-state index in [9.17, 15) is 8.42 Å². The van der Waals surface area contributed by atoms with Gasteiger partial charge in [0, 0.05) is 0 Å². The number of nitrogens with zero attached hydrogens (tertiary/aromatic N) is 2. The normalized spacial score (nSPS) is 12.9. The van der Waals surface area contributed by atoms with Gasteiger partial charge in [0.05, 0.1) is 11.5 Å². The molecule has 1 aromatic heterocycles. The minimum Gasteiger partial charge on any atom is -0.465 e. The van der Waals surface area contributed by atoms with Gasteiger partial charge in [0.15, 0.2) is 5.71 Å². The molecule has 18 heavy (non-hydrogen) atoms. The Morgan fingerprint density at radius 2 is 2.33 bits per heavy atom. The van der Waals surface area contributed by atoms with Crippen molar-refractivity contribution in [3.63, 3.8) is 0 Å². The molecule has 7 heteroatoms. The second kappa shape index (κ2) is 6.02. The second-order valence-corrected chi connectivity index (χ2v) is 5.63. The largest absolute Gasteiger partial charge is 0.465 e. The molecule has 0 spiro atoms. The van der Waals surface area contributed by atoms with Crippen molar-refractivity contribution in [2.45, 2.75) is 19.1 Å². The number of oxime groups is 1. The Morgan fingerprint density at radius 3 is 2.83 bits per heavy atom. The maximum absolute atomic E-state index is 11.3. The van der Waals surface area contributed by atoms with Crippen LogP contribution in [0.4, 0.5) is 0 Å². The summed E-state index contributed by atoms with van der Waals surface area (Å²) in [5.41, 5.74) is -0.171. The third-order valence-corrected chi connectivity index (χ3v) is 3.32. The Kier molecular flexibility index (Phi) is 4.68. The fourth-order valence-corrected chi connectivity index (χ4v) is 1.17. The highest BCUT2D eigenvalue weighted by molar-refractivity contribution is 7.87. The van der Waals surface area contributed by atoms with Gasteiger partial charge in [-0.15, -0.1) is 0 Å². The van der Waals surface area contributed by atoms with Gasteiger partial charge in [-0.2, -0.15) is 13.7 Å². The van der Waals surface area contributed by atoms with Gasteiger partial charge in [0.1, 0.15) is 11.8 Å². The van der Waals surface area contributed by atoms with E-state index in [-0.39, 0.29) is 5.71 Å². The number of furan rings is 1. The number of hydrogen-bond donors (Lipinski definition) is 0. The molecule has 0 aliphatic carbocycles. The topological polar surface area (TPSA) is 92.7 Å². The van der Waals surface area contributed by atoms with E-state index < -0.39 is 15.4 Å². The van der Waals surface area contributed by atoms with Crippen LogP contribution in [0, 0.1) is 11.3 Å². The molecule has 1 aromatic rings. The Balaban J connectivity index is 2.77. The van der Waals surface area contributed by atoms with E-state index in [1.165, 1.54) is 32.3 Å². The lowest BCUT2D eigenvalue weighted by Crippen LogP contribution is -2.15. The highest BCUT2D eigenvalue weighted by Crippen LogP contribution is 2.05. The zero-order valence-electron chi connectivity index (χ0n) is 9.90. The quantitative estimate of drug-likeness (QED) is 0.601. The average Bonchev–Trinajstić information content (AvgIpc) is 2.82. The fraction of sp³-hybridized carbons (Fsp3) is 0.273. The summed E-state index contributed by atoms with van der Waals surface area (Å²) in [6.07, 6.45) is 4.25. The van der Waals surface area contributed by atoms with E-state index in [4.69, 9.17) is 9.68 Å². The third kappa shape index (κ3) is 4.07. The summed E-state index contributed by atoms with van der Waals surface area (Å²) in [4.78, 5) is 0. The molecule has 0 atom stereocenters. The minimum absolute atomic E-state index is 0.171. The summed E-state index contributed by atoms with van der Waals surface area (Å²) in [7, 11) is -3.77. The minimum atomic E-state index is -3.77. The van der Waals surface area contributed by atoms with Crippen molar-refractivity contribution >= 4 is 21.9 Å². The van der Waals surface area contributed by atoms with Gasteiger partial charge >= 0.3 is 10.1 Å². The predicted octanol–water partition coefficient (Wildman–Crippen LogP) is 1.93. The molecule has 0 saturated heterocycles. The summed E-state index contributed by atoms with van der Waals surface area (Å²) in [6, 6.07) is 5.07. The highest BCUT2D eigenvalue weighted by Gasteiger charge is 2.17. The first-order valence-electron chi connectivity index (χ1n) is 5.08. The van der Waals surface area contributed by atoms with Crippen LogP contribution in [0.3, 0.4) is 0 Å². The monoisotopic (exact) mass is 268 g/mol. The molecule has 0 saturated carbocycles. The van der Waals surface area contributed by atoms with Crippen LogP contribution in [0.25, 0.3) is 6.08 Å². The van der Waals surface area contributed by atoms with Crippen LogP contribution in [0.5, 0.6) is 0 Å². The summed E-state index contributed by atoms with van der Waals surface area (Å²) >= 11 is 0. The van der Waals surface area contributed by atoms with Crippen LogP contribution in [0.2, 0.25) is 0 Å². The van der Waals surface area contributed by atoms with Crippen LogP contribution in [0.15, 0.2) is 34.0 Å². The van der Waals surface area contributed by atoms with Crippen molar-refractivity contribution in [1.29, 1.82) is 5.26 Å². The Hall–Kier alpha value is -2.07. The molecule has 0 aromatic carbocycles. The van der Waals surface area contributed by atoms with Crippen molar-refractivity contribution < 1.29 is 17.1 Å². The van der Waals surface area contributed by atoms with E-state index in [1.54, 1.807) is 18.2 Å². The third-order valence-electron chi connectivity index (χ3n) is 1.88.